The minimum atomic E-state index is -0.398. The third-order valence-corrected chi connectivity index (χ3v) is 3.39. The summed E-state index contributed by atoms with van der Waals surface area (Å²) in [5.74, 6) is 0.321. The lowest BCUT2D eigenvalue weighted by Gasteiger charge is -2.30. The minimum Gasteiger partial charge on any atom is -0.462 e. The predicted octanol–water partition coefficient (Wildman–Crippen LogP) is 1.34. The van der Waals surface area contributed by atoms with Crippen LogP contribution in [0.2, 0.25) is 0 Å². The van der Waals surface area contributed by atoms with Crippen molar-refractivity contribution in [2.75, 3.05) is 32.7 Å². The lowest BCUT2D eigenvalue weighted by atomic mass is 10.1. The number of fused-ring (bicyclic) bond motifs is 1. The number of ether oxygens (including phenoxy) is 3. The molecule has 1 aliphatic rings. The number of nitrogens with one attached hydrogen (secondary N) is 1. The normalized spacial score (nSPS) is 17.8. The maximum absolute atomic E-state index is 12.0. The van der Waals surface area contributed by atoms with Gasteiger partial charge in [-0.3, -0.25) is 0 Å². The number of carbonyl (C=O) groups is 1. The van der Waals surface area contributed by atoms with E-state index < -0.39 is 6.29 Å². The number of esters is 1. The Bertz CT molecular complexity index is 482. The zero-order chi connectivity index (χ0) is 14.7. The van der Waals surface area contributed by atoms with Gasteiger partial charge < -0.3 is 19.5 Å². The molecule has 1 aromatic heterocycles. The van der Waals surface area contributed by atoms with Gasteiger partial charge in [-0.1, -0.05) is 0 Å². The Morgan fingerprint density at radius 3 is 2.80 bits per heavy atom. The molecule has 7 heteroatoms. The van der Waals surface area contributed by atoms with Crippen LogP contribution < -0.4 is 5.32 Å². The summed E-state index contributed by atoms with van der Waals surface area (Å²) < 4.78 is 17.5. The standard InChI is InChI=1S/C13H21N3O4/c1-5-20-12(17)10-8(2)15-16-9(13(18-3)19-4)6-7-14-11(10)16/h9,13-14H,5-7H2,1-4H3. The zero-order valence-corrected chi connectivity index (χ0v) is 12.3. The van der Waals surface area contributed by atoms with Crippen molar-refractivity contribution in [1.29, 1.82) is 0 Å². The molecule has 1 unspecified atom stereocenters. The lowest BCUT2D eigenvalue weighted by Crippen LogP contribution is -2.34. The molecule has 1 atom stereocenters. The lowest BCUT2D eigenvalue weighted by molar-refractivity contribution is -0.135. The average Bonchev–Trinajstić information content (AvgIpc) is 2.77. The van der Waals surface area contributed by atoms with Crippen LogP contribution in [0.1, 0.15) is 35.4 Å². The first kappa shape index (κ1) is 14.8. The van der Waals surface area contributed by atoms with E-state index in [0.717, 1.165) is 13.0 Å². The van der Waals surface area contributed by atoms with E-state index in [1.807, 2.05) is 0 Å². The molecule has 0 aliphatic carbocycles. The maximum atomic E-state index is 12.0. The van der Waals surface area contributed by atoms with Crippen molar-refractivity contribution in [3.05, 3.63) is 11.3 Å². The highest BCUT2D eigenvalue weighted by Crippen LogP contribution is 2.32. The fourth-order valence-electron chi connectivity index (χ4n) is 2.53. The molecule has 0 saturated heterocycles. The first-order valence-electron chi connectivity index (χ1n) is 6.69. The molecule has 0 saturated carbocycles. The predicted molar refractivity (Wildman–Crippen MR) is 72.9 cm³/mol. The van der Waals surface area contributed by atoms with Crippen molar-refractivity contribution in [2.24, 2.45) is 0 Å². The molecule has 7 nitrogen and oxygen atoms in total. The molecule has 1 aliphatic heterocycles. The summed E-state index contributed by atoms with van der Waals surface area (Å²) in [4.78, 5) is 12.0. The van der Waals surface area contributed by atoms with Crippen molar-refractivity contribution in [2.45, 2.75) is 32.6 Å². The minimum absolute atomic E-state index is 0.0665. The Balaban J connectivity index is 2.39. The van der Waals surface area contributed by atoms with Gasteiger partial charge in [0.2, 0.25) is 0 Å². The molecule has 0 amide bonds. The summed E-state index contributed by atoms with van der Waals surface area (Å²) >= 11 is 0. The van der Waals surface area contributed by atoms with Crippen LogP contribution in [0.4, 0.5) is 5.82 Å². The number of hydrogen-bond donors (Lipinski definition) is 1. The second-order valence-electron chi connectivity index (χ2n) is 4.60. The number of hydrogen-bond acceptors (Lipinski definition) is 6. The van der Waals surface area contributed by atoms with Gasteiger partial charge in [-0.15, -0.1) is 0 Å². The monoisotopic (exact) mass is 283 g/mol. The second-order valence-corrected chi connectivity index (χ2v) is 4.60. The first-order valence-corrected chi connectivity index (χ1v) is 6.69. The largest absolute Gasteiger partial charge is 0.462 e. The van der Waals surface area contributed by atoms with Gasteiger partial charge in [0.15, 0.2) is 6.29 Å². The van der Waals surface area contributed by atoms with Crippen molar-refractivity contribution in [3.8, 4) is 0 Å². The van der Waals surface area contributed by atoms with Gasteiger partial charge in [0.25, 0.3) is 0 Å². The van der Waals surface area contributed by atoms with Gasteiger partial charge in [0, 0.05) is 20.8 Å². The molecule has 2 heterocycles. The van der Waals surface area contributed by atoms with Gasteiger partial charge in [0.05, 0.1) is 12.3 Å². The van der Waals surface area contributed by atoms with Gasteiger partial charge >= 0.3 is 5.97 Å². The first-order chi connectivity index (χ1) is 9.63. The number of rotatable bonds is 5. The summed E-state index contributed by atoms with van der Waals surface area (Å²) in [7, 11) is 3.19. The van der Waals surface area contributed by atoms with Gasteiger partial charge in [-0.25, -0.2) is 9.48 Å². The highest BCUT2D eigenvalue weighted by molar-refractivity contribution is 5.96. The summed E-state index contributed by atoms with van der Waals surface area (Å²) in [6.07, 6.45) is 0.410. The van der Waals surface area contributed by atoms with Crippen molar-refractivity contribution in [3.63, 3.8) is 0 Å². The van der Waals surface area contributed by atoms with E-state index in [0.29, 0.717) is 23.7 Å². The molecule has 1 aromatic rings. The molecular weight excluding hydrogens is 262 g/mol. The smallest absolute Gasteiger partial charge is 0.343 e. The van der Waals surface area contributed by atoms with Crippen LogP contribution in [-0.4, -0.2) is 49.4 Å². The van der Waals surface area contributed by atoms with Crippen molar-refractivity contribution >= 4 is 11.8 Å². The second kappa shape index (κ2) is 6.23. The molecule has 2 rings (SSSR count). The number of aryl methyl sites for hydroxylation is 1. The van der Waals surface area contributed by atoms with Gasteiger partial charge in [-0.05, 0) is 20.3 Å². The van der Waals surface area contributed by atoms with E-state index in [-0.39, 0.29) is 12.0 Å². The van der Waals surface area contributed by atoms with E-state index in [1.165, 1.54) is 0 Å². The third-order valence-electron chi connectivity index (χ3n) is 3.39. The molecule has 0 bridgehead atoms. The van der Waals surface area contributed by atoms with Crippen LogP contribution in [0.5, 0.6) is 0 Å². The average molecular weight is 283 g/mol. The topological polar surface area (TPSA) is 74.6 Å². The Hall–Kier alpha value is -1.60. The van der Waals surface area contributed by atoms with Crippen LogP contribution >= 0.6 is 0 Å². The van der Waals surface area contributed by atoms with Gasteiger partial charge in [-0.2, -0.15) is 5.10 Å². The summed E-state index contributed by atoms with van der Waals surface area (Å²) in [5.41, 5.74) is 1.13. The highest BCUT2D eigenvalue weighted by Gasteiger charge is 2.33. The maximum Gasteiger partial charge on any atom is 0.343 e. The zero-order valence-electron chi connectivity index (χ0n) is 12.3. The number of anilines is 1. The van der Waals surface area contributed by atoms with E-state index in [1.54, 1.807) is 32.7 Å². The summed E-state index contributed by atoms with van der Waals surface area (Å²) in [5, 5.41) is 7.66. The molecule has 112 valence electrons. The fraction of sp³-hybridized carbons (Fsp3) is 0.692. The van der Waals surface area contributed by atoms with Crippen molar-refractivity contribution in [1.82, 2.24) is 9.78 Å². The van der Waals surface area contributed by atoms with Crippen LogP contribution in [0.3, 0.4) is 0 Å². The highest BCUT2D eigenvalue weighted by atomic mass is 16.7. The Morgan fingerprint density at radius 2 is 2.20 bits per heavy atom. The van der Waals surface area contributed by atoms with Crippen LogP contribution in [-0.2, 0) is 14.2 Å². The number of aromatic nitrogens is 2. The summed E-state index contributed by atoms with van der Waals surface area (Å²) in [6.45, 7) is 4.65. The van der Waals surface area contributed by atoms with Gasteiger partial charge in [0.1, 0.15) is 17.4 Å². The van der Waals surface area contributed by atoms with E-state index >= 15 is 0 Å². The fourth-order valence-corrected chi connectivity index (χ4v) is 2.53. The molecule has 20 heavy (non-hydrogen) atoms. The molecule has 0 radical (unpaired) electrons. The van der Waals surface area contributed by atoms with E-state index in [4.69, 9.17) is 14.2 Å². The number of nitrogens with zero attached hydrogens (tertiary/aromatic N) is 2. The number of methoxy groups -OCH3 is 2. The van der Waals surface area contributed by atoms with Crippen LogP contribution in [0.25, 0.3) is 0 Å². The Kier molecular flexibility index (Phi) is 4.61. The third kappa shape index (κ3) is 2.51. The SMILES string of the molecule is CCOC(=O)c1c(C)nn2c1NCCC2C(OC)OC. The van der Waals surface area contributed by atoms with Crippen LogP contribution in [0.15, 0.2) is 0 Å². The molecule has 0 fully saturated rings. The molecule has 1 N–H and O–H groups in total. The number of carbonyl (C=O) groups excluding carboxylic acids is 1. The Morgan fingerprint density at radius 1 is 1.50 bits per heavy atom. The Labute approximate surface area is 118 Å². The molecule has 0 aromatic carbocycles. The summed E-state index contributed by atoms with van der Waals surface area (Å²) in [6, 6.07) is -0.0665. The van der Waals surface area contributed by atoms with E-state index in [2.05, 4.69) is 10.4 Å². The quantitative estimate of drug-likeness (QED) is 0.649. The van der Waals surface area contributed by atoms with E-state index in [9.17, 15) is 4.79 Å². The van der Waals surface area contributed by atoms with Crippen LogP contribution in [0, 0.1) is 6.92 Å². The van der Waals surface area contributed by atoms with Crippen molar-refractivity contribution < 1.29 is 19.0 Å². The molecule has 0 spiro atoms. The molecular formula is C13H21N3O4.